The van der Waals surface area contributed by atoms with Crippen LogP contribution in [0, 0.1) is 6.92 Å². The minimum absolute atomic E-state index is 0.461. The largest absolute Gasteiger partial charge is 0.249 e. The van der Waals surface area contributed by atoms with E-state index in [-0.39, 0.29) is 0 Å². The number of nitrogens with zero attached hydrogens (tertiary/aromatic N) is 3. The summed E-state index contributed by atoms with van der Waals surface area (Å²) in [6.07, 6.45) is 1.77. The van der Waals surface area contributed by atoms with Gasteiger partial charge in [-0.25, -0.2) is 15.0 Å². The Morgan fingerprint density at radius 2 is 2.11 bits per heavy atom. The van der Waals surface area contributed by atoms with Gasteiger partial charge in [-0.3, -0.25) is 0 Å². The molecule has 0 spiro atoms. The van der Waals surface area contributed by atoms with Gasteiger partial charge >= 0.3 is 0 Å². The number of thiazole rings is 1. The molecule has 0 unspecified atom stereocenters. The molecule has 0 aliphatic rings. The van der Waals surface area contributed by atoms with E-state index < -0.39 is 0 Å². The average Bonchev–Trinajstić information content (AvgIpc) is 2.77. The van der Waals surface area contributed by atoms with Crippen molar-refractivity contribution in [3.63, 3.8) is 0 Å². The Labute approximate surface area is 121 Å². The minimum Gasteiger partial charge on any atom is -0.249 e. The third kappa shape index (κ3) is 2.02. The van der Waals surface area contributed by atoms with Crippen LogP contribution in [0.1, 0.15) is 5.01 Å². The van der Waals surface area contributed by atoms with Crippen molar-refractivity contribution in [2.24, 2.45) is 0 Å². The predicted molar refractivity (Wildman–Crippen MR) is 78.1 cm³/mol. The molecule has 6 heteroatoms. The van der Waals surface area contributed by atoms with Crippen LogP contribution in [0.3, 0.4) is 0 Å². The fraction of sp³-hybridized carbons (Fsp3) is 0.0833. The van der Waals surface area contributed by atoms with E-state index in [0.717, 1.165) is 25.3 Å². The highest BCUT2D eigenvalue weighted by Crippen LogP contribution is 2.30. The highest BCUT2D eigenvalue weighted by Gasteiger charge is 2.11. The second-order valence-corrected chi connectivity index (χ2v) is 6.16. The standard InChI is InChI=1S/C12H7BrClN3S/c1-6-15-5-9(18-6)12-16-10-7(11(14)17-12)3-2-4-8(10)13/h2-5H,1H3. The van der Waals surface area contributed by atoms with Crippen molar-refractivity contribution < 1.29 is 0 Å². The van der Waals surface area contributed by atoms with E-state index in [0.29, 0.717) is 11.0 Å². The number of benzene rings is 1. The van der Waals surface area contributed by atoms with Crippen LogP contribution in [0.25, 0.3) is 21.6 Å². The first-order valence-electron chi connectivity index (χ1n) is 5.20. The lowest BCUT2D eigenvalue weighted by atomic mass is 10.2. The van der Waals surface area contributed by atoms with Crippen LogP contribution in [0.4, 0.5) is 0 Å². The van der Waals surface area contributed by atoms with Crippen LogP contribution < -0.4 is 0 Å². The van der Waals surface area contributed by atoms with Crippen LogP contribution in [0.15, 0.2) is 28.9 Å². The van der Waals surface area contributed by atoms with Crippen LogP contribution >= 0.6 is 38.9 Å². The molecule has 0 N–H and O–H groups in total. The van der Waals surface area contributed by atoms with Gasteiger partial charge in [-0.2, -0.15) is 0 Å². The third-order valence-corrected chi connectivity index (χ3v) is 4.31. The fourth-order valence-corrected chi connectivity index (χ4v) is 3.05. The second kappa shape index (κ2) is 4.57. The maximum Gasteiger partial charge on any atom is 0.173 e. The SMILES string of the molecule is Cc1ncc(-c2nc(Cl)c3cccc(Br)c3n2)s1. The fourth-order valence-electron chi connectivity index (χ4n) is 1.65. The van der Waals surface area contributed by atoms with Gasteiger partial charge in [0.1, 0.15) is 5.15 Å². The molecule has 90 valence electrons. The number of halogens is 2. The molecule has 3 aromatic rings. The van der Waals surface area contributed by atoms with Crippen molar-refractivity contribution in [1.29, 1.82) is 0 Å². The summed E-state index contributed by atoms with van der Waals surface area (Å²) in [6, 6.07) is 5.76. The van der Waals surface area contributed by atoms with E-state index in [4.69, 9.17) is 11.6 Å². The summed E-state index contributed by atoms with van der Waals surface area (Å²) in [7, 11) is 0. The van der Waals surface area contributed by atoms with Crippen molar-refractivity contribution >= 4 is 49.8 Å². The van der Waals surface area contributed by atoms with Gasteiger partial charge in [-0.05, 0) is 35.0 Å². The molecule has 0 aliphatic heterocycles. The summed E-state index contributed by atoms with van der Waals surface area (Å²) < 4.78 is 0.909. The first-order valence-corrected chi connectivity index (χ1v) is 7.18. The zero-order valence-electron chi connectivity index (χ0n) is 9.32. The van der Waals surface area contributed by atoms with Gasteiger partial charge in [-0.15, -0.1) is 11.3 Å². The Morgan fingerprint density at radius 1 is 1.28 bits per heavy atom. The molecule has 1 aromatic carbocycles. The predicted octanol–water partition coefficient (Wildman–Crippen LogP) is 4.48. The lowest BCUT2D eigenvalue weighted by Crippen LogP contribution is -1.90. The van der Waals surface area contributed by atoms with E-state index >= 15 is 0 Å². The van der Waals surface area contributed by atoms with Crippen LogP contribution in [0.2, 0.25) is 5.15 Å². The van der Waals surface area contributed by atoms with Gasteiger partial charge in [0.15, 0.2) is 5.82 Å². The Balaban J connectivity index is 2.29. The van der Waals surface area contributed by atoms with Crippen molar-refractivity contribution in [3.8, 4) is 10.7 Å². The minimum atomic E-state index is 0.461. The number of fused-ring (bicyclic) bond motifs is 1. The molecule has 3 rings (SSSR count). The molecule has 0 saturated carbocycles. The molecule has 2 heterocycles. The number of para-hydroxylation sites is 1. The summed E-state index contributed by atoms with van der Waals surface area (Å²) in [6.45, 7) is 1.95. The molecule has 0 fully saturated rings. The molecule has 0 atom stereocenters. The number of aryl methyl sites for hydroxylation is 1. The molecule has 0 radical (unpaired) electrons. The van der Waals surface area contributed by atoms with Crippen molar-refractivity contribution in [2.45, 2.75) is 6.92 Å². The molecular weight excluding hydrogens is 334 g/mol. The molecule has 0 bridgehead atoms. The monoisotopic (exact) mass is 339 g/mol. The van der Waals surface area contributed by atoms with E-state index in [2.05, 4.69) is 30.9 Å². The normalized spacial score (nSPS) is 11.1. The van der Waals surface area contributed by atoms with E-state index in [1.54, 1.807) is 17.5 Å². The summed E-state index contributed by atoms with van der Waals surface area (Å²) in [4.78, 5) is 14.0. The van der Waals surface area contributed by atoms with Gasteiger partial charge in [0.2, 0.25) is 0 Å². The highest BCUT2D eigenvalue weighted by atomic mass is 79.9. The molecule has 2 aromatic heterocycles. The molecule has 0 saturated heterocycles. The van der Waals surface area contributed by atoms with E-state index in [1.165, 1.54) is 0 Å². The third-order valence-electron chi connectivity index (χ3n) is 2.47. The first kappa shape index (κ1) is 12.0. The van der Waals surface area contributed by atoms with Crippen molar-refractivity contribution in [1.82, 2.24) is 15.0 Å². The Kier molecular flexibility index (Phi) is 3.05. The zero-order chi connectivity index (χ0) is 12.7. The molecule has 3 nitrogen and oxygen atoms in total. The number of hydrogen-bond acceptors (Lipinski definition) is 4. The summed E-state index contributed by atoms with van der Waals surface area (Å²) >= 11 is 11.2. The Bertz CT molecular complexity index is 741. The van der Waals surface area contributed by atoms with E-state index in [1.807, 2.05) is 25.1 Å². The number of rotatable bonds is 1. The maximum absolute atomic E-state index is 6.20. The lowest BCUT2D eigenvalue weighted by Gasteiger charge is -2.03. The number of aromatic nitrogens is 3. The van der Waals surface area contributed by atoms with Crippen LogP contribution in [-0.2, 0) is 0 Å². The Morgan fingerprint density at radius 3 is 2.83 bits per heavy atom. The molecule has 18 heavy (non-hydrogen) atoms. The maximum atomic E-state index is 6.20. The average molecular weight is 341 g/mol. The van der Waals surface area contributed by atoms with Gasteiger partial charge < -0.3 is 0 Å². The van der Waals surface area contributed by atoms with Gasteiger partial charge in [-0.1, -0.05) is 17.7 Å². The lowest BCUT2D eigenvalue weighted by molar-refractivity contribution is 1.22. The smallest absolute Gasteiger partial charge is 0.173 e. The second-order valence-electron chi connectivity index (χ2n) is 3.72. The number of hydrogen-bond donors (Lipinski definition) is 0. The van der Waals surface area contributed by atoms with Crippen molar-refractivity contribution in [2.75, 3.05) is 0 Å². The van der Waals surface area contributed by atoms with Crippen molar-refractivity contribution in [3.05, 3.63) is 39.0 Å². The van der Waals surface area contributed by atoms with Gasteiger partial charge in [0.05, 0.1) is 15.4 Å². The van der Waals surface area contributed by atoms with E-state index in [9.17, 15) is 0 Å². The summed E-state index contributed by atoms with van der Waals surface area (Å²) in [5.74, 6) is 0.616. The molecule has 0 amide bonds. The summed E-state index contributed by atoms with van der Waals surface area (Å²) in [5, 5.41) is 2.29. The molecule has 0 aliphatic carbocycles. The zero-order valence-corrected chi connectivity index (χ0v) is 12.5. The van der Waals surface area contributed by atoms with Crippen LogP contribution in [0.5, 0.6) is 0 Å². The Hall–Kier alpha value is -1.04. The van der Waals surface area contributed by atoms with Gasteiger partial charge in [0, 0.05) is 16.1 Å². The quantitative estimate of drug-likeness (QED) is 0.613. The van der Waals surface area contributed by atoms with Gasteiger partial charge in [0.25, 0.3) is 0 Å². The van der Waals surface area contributed by atoms with Crippen LogP contribution in [-0.4, -0.2) is 15.0 Å². The topological polar surface area (TPSA) is 38.7 Å². The first-order chi connectivity index (χ1) is 8.65. The molecular formula is C12H7BrClN3S. The highest BCUT2D eigenvalue weighted by molar-refractivity contribution is 9.10. The summed E-state index contributed by atoms with van der Waals surface area (Å²) in [5.41, 5.74) is 0.818.